The van der Waals surface area contributed by atoms with Gasteiger partial charge in [0.05, 0.1) is 0 Å². The van der Waals surface area contributed by atoms with Crippen LogP contribution in [0.15, 0.2) is 0 Å². The predicted octanol–water partition coefficient (Wildman–Crippen LogP) is 1.46. The molecule has 0 saturated carbocycles. The molecule has 0 aliphatic heterocycles. The van der Waals surface area contributed by atoms with Crippen molar-refractivity contribution < 1.29 is 45.1 Å². The van der Waals surface area contributed by atoms with E-state index in [1.165, 1.54) is 12.8 Å². The van der Waals surface area contributed by atoms with Crippen molar-refractivity contribution in [3.8, 4) is 0 Å². The molecular formula is C4H13LaO2P. The van der Waals surface area contributed by atoms with E-state index < -0.39 is 8.69 Å². The number of rotatable bonds is 1. The van der Waals surface area contributed by atoms with Gasteiger partial charge in [-0.3, -0.25) is 4.57 Å². The van der Waals surface area contributed by atoms with E-state index in [4.69, 9.17) is 9.46 Å². The molecule has 4 heteroatoms. The van der Waals surface area contributed by atoms with Crippen molar-refractivity contribution in [2.45, 2.75) is 26.7 Å². The Kier molecular flexibility index (Phi) is 48.1. The largest absolute Gasteiger partial charge is 0.348 e. The van der Waals surface area contributed by atoms with Crippen LogP contribution in [0.5, 0.6) is 0 Å². The average Bonchev–Trinajstić information content (AvgIpc) is 1.69. The zero-order valence-corrected chi connectivity index (χ0v) is 10.2. The minimum Gasteiger partial charge on any atom is -0.348 e. The van der Waals surface area contributed by atoms with Crippen LogP contribution < -0.4 is 0 Å². The van der Waals surface area contributed by atoms with Crippen LogP contribution in [-0.4, -0.2) is 4.89 Å². The van der Waals surface area contributed by atoms with E-state index >= 15 is 0 Å². The molecule has 1 N–H and O–H groups in total. The summed E-state index contributed by atoms with van der Waals surface area (Å²) in [5.41, 5.74) is 0. The van der Waals surface area contributed by atoms with E-state index in [1.807, 2.05) is 0 Å². The third-order valence-corrected chi connectivity index (χ3v) is 0.500. The van der Waals surface area contributed by atoms with Gasteiger partial charge in [-0.1, -0.05) is 26.7 Å². The van der Waals surface area contributed by atoms with E-state index in [0.717, 1.165) is 0 Å². The third-order valence-electron chi connectivity index (χ3n) is 0.500. The number of unbranched alkanes of at least 4 members (excludes halogenated alkanes) is 1. The molecule has 0 aromatic rings. The SMILES string of the molecule is CCCC.O=[PH2]O.[La]. The first-order chi connectivity index (χ1) is 3.33. The molecule has 1 atom stereocenters. The molecule has 0 spiro atoms. The Morgan fingerprint density at radius 2 is 1.50 bits per heavy atom. The van der Waals surface area contributed by atoms with E-state index in [-0.39, 0.29) is 35.6 Å². The van der Waals surface area contributed by atoms with Gasteiger partial charge in [0.15, 0.2) is 8.69 Å². The third kappa shape index (κ3) is 52.9. The molecule has 0 amide bonds. The summed E-state index contributed by atoms with van der Waals surface area (Å²) < 4.78 is 8.57. The summed E-state index contributed by atoms with van der Waals surface area (Å²) in [7, 11) is -1.50. The maximum absolute atomic E-state index is 8.57. The monoisotopic (exact) mass is 263 g/mol. The Morgan fingerprint density at radius 3 is 1.50 bits per heavy atom. The second-order valence-corrected chi connectivity index (χ2v) is 1.32. The van der Waals surface area contributed by atoms with Crippen LogP contribution in [0.25, 0.3) is 0 Å². The fraction of sp³-hybridized carbons (Fsp3) is 1.00. The number of hydrogen-bond acceptors (Lipinski definition) is 1. The zero-order chi connectivity index (χ0) is 6.12. The van der Waals surface area contributed by atoms with Gasteiger partial charge in [0.25, 0.3) is 0 Å². The molecule has 0 fully saturated rings. The van der Waals surface area contributed by atoms with Crippen LogP contribution in [-0.2, 0) is 4.57 Å². The Hall–Kier alpha value is 1.38. The number of hydrogen-bond donors (Lipinski definition) is 1. The maximum Gasteiger partial charge on any atom is 0.177 e. The summed E-state index contributed by atoms with van der Waals surface area (Å²) in [6.07, 6.45) is 2.64. The van der Waals surface area contributed by atoms with Gasteiger partial charge >= 0.3 is 0 Å². The quantitative estimate of drug-likeness (QED) is 0.727. The molecule has 0 heterocycles. The molecule has 0 saturated heterocycles. The summed E-state index contributed by atoms with van der Waals surface area (Å²) in [6, 6.07) is 0. The van der Waals surface area contributed by atoms with Crippen molar-refractivity contribution in [2.24, 2.45) is 0 Å². The van der Waals surface area contributed by atoms with Crippen molar-refractivity contribution in [1.29, 1.82) is 0 Å². The molecule has 1 radical (unpaired) electrons. The molecule has 0 aliphatic carbocycles. The Labute approximate surface area is 79.9 Å². The molecule has 2 nitrogen and oxygen atoms in total. The van der Waals surface area contributed by atoms with Crippen molar-refractivity contribution in [2.75, 3.05) is 0 Å². The molecule has 8 heavy (non-hydrogen) atoms. The van der Waals surface area contributed by atoms with Gasteiger partial charge in [0.2, 0.25) is 0 Å². The molecular weight excluding hydrogens is 250 g/mol. The van der Waals surface area contributed by atoms with Crippen LogP contribution in [0.2, 0.25) is 0 Å². The topological polar surface area (TPSA) is 37.3 Å². The van der Waals surface area contributed by atoms with E-state index in [2.05, 4.69) is 13.8 Å². The van der Waals surface area contributed by atoms with Gasteiger partial charge in [-0.2, -0.15) is 0 Å². The Morgan fingerprint density at radius 1 is 1.38 bits per heavy atom. The van der Waals surface area contributed by atoms with Gasteiger partial charge in [-0.25, -0.2) is 0 Å². The first kappa shape index (κ1) is 16.2. The van der Waals surface area contributed by atoms with Gasteiger partial charge in [-0.05, 0) is 0 Å². The van der Waals surface area contributed by atoms with Crippen molar-refractivity contribution in [3.63, 3.8) is 0 Å². The predicted molar refractivity (Wildman–Crippen MR) is 33.2 cm³/mol. The van der Waals surface area contributed by atoms with Gasteiger partial charge in [-0.15, -0.1) is 0 Å². The van der Waals surface area contributed by atoms with Crippen LogP contribution in [0.4, 0.5) is 0 Å². The van der Waals surface area contributed by atoms with Gasteiger partial charge in [0, 0.05) is 35.6 Å². The summed E-state index contributed by atoms with van der Waals surface area (Å²) in [5.74, 6) is 0. The molecule has 1 unspecified atom stereocenters. The molecule has 0 rings (SSSR count). The Bertz CT molecular complexity index is 33.2. The second-order valence-electron chi connectivity index (χ2n) is 1.11. The van der Waals surface area contributed by atoms with Crippen molar-refractivity contribution in [3.05, 3.63) is 0 Å². The first-order valence-electron chi connectivity index (χ1n) is 2.41. The molecule has 0 aliphatic rings. The van der Waals surface area contributed by atoms with Crippen LogP contribution in [0.3, 0.4) is 0 Å². The normalized spacial score (nSPS) is 7.38. The second kappa shape index (κ2) is 23.8. The molecule has 0 aromatic heterocycles. The van der Waals surface area contributed by atoms with Crippen molar-refractivity contribution >= 4 is 8.69 Å². The average molecular weight is 263 g/mol. The minimum absolute atomic E-state index is 0. The summed E-state index contributed by atoms with van der Waals surface area (Å²) in [6.45, 7) is 4.36. The molecule has 0 aromatic carbocycles. The zero-order valence-electron chi connectivity index (χ0n) is 5.42. The van der Waals surface area contributed by atoms with Crippen LogP contribution in [0.1, 0.15) is 26.7 Å². The van der Waals surface area contributed by atoms with Crippen molar-refractivity contribution in [1.82, 2.24) is 0 Å². The standard InChI is InChI=1S/C4H10.La.H3O2P/c1-3-4-2;;1-3-2/h3-4H2,1-2H3;;3H2,(H,1,2). The van der Waals surface area contributed by atoms with Gasteiger partial charge in [0.1, 0.15) is 0 Å². The van der Waals surface area contributed by atoms with Crippen LogP contribution in [0, 0.1) is 35.6 Å². The Balaban J connectivity index is -0.0000000575. The minimum atomic E-state index is -1.50. The summed E-state index contributed by atoms with van der Waals surface area (Å²) in [4.78, 5) is 7.10. The fourth-order valence-corrected chi connectivity index (χ4v) is 0. The molecule has 49 valence electrons. The van der Waals surface area contributed by atoms with E-state index in [1.54, 1.807) is 0 Å². The maximum atomic E-state index is 8.57. The van der Waals surface area contributed by atoms with Crippen LogP contribution >= 0.6 is 8.69 Å². The molecule has 0 bridgehead atoms. The smallest absolute Gasteiger partial charge is 0.177 e. The first-order valence-corrected chi connectivity index (χ1v) is 3.40. The van der Waals surface area contributed by atoms with E-state index in [9.17, 15) is 0 Å². The summed E-state index contributed by atoms with van der Waals surface area (Å²) in [5, 5.41) is 0. The fourth-order valence-electron chi connectivity index (χ4n) is 0. The van der Waals surface area contributed by atoms with Gasteiger partial charge < -0.3 is 4.89 Å². The van der Waals surface area contributed by atoms with E-state index in [0.29, 0.717) is 0 Å². The summed E-state index contributed by atoms with van der Waals surface area (Å²) >= 11 is 0.